The Bertz CT molecular complexity index is 456. The molecule has 0 bridgehead atoms. The van der Waals surface area contributed by atoms with Crippen molar-refractivity contribution in [2.24, 2.45) is 5.92 Å². The van der Waals surface area contributed by atoms with E-state index in [1.54, 1.807) is 11.7 Å². The molecule has 1 saturated heterocycles. The van der Waals surface area contributed by atoms with E-state index in [-0.39, 0.29) is 5.91 Å². The van der Waals surface area contributed by atoms with Crippen LogP contribution in [0.2, 0.25) is 0 Å². The Morgan fingerprint density at radius 3 is 3.20 bits per heavy atom. The zero-order valence-corrected chi connectivity index (χ0v) is 13.1. The largest absolute Gasteiger partial charge is 0.351 e. The van der Waals surface area contributed by atoms with Crippen molar-refractivity contribution in [3.63, 3.8) is 0 Å². The summed E-state index contributed by atoms with van der Waals surface area (Å²) in [7, 11) is 0. The predicted octanol–water partition coefficient (Wildman–Crippen LogP) is 2.55. The van der Waals surface area contributed by atoms with Crippen LogP contribution in [-0.4, -0.2) is 42.0 Å². The first-order valence-corrected chi connectivity index (χ1v) is 8.11. The summed E-state index contributed by atoms with van der Waals surface area (Å²) in [5.41, 5.74) is 3.14. The quantitative estimate of drug-likeness (QED) is 0.820. The second-order valence-electron chi connectivity index (χ2n) is 5.42. The summed E-state index contributed by atoms with van der Waals surface area (Å²) in [6.07, 6.45) is 6.19. The van der Waals surface area contributed by atoms with Gasteiger partial charge in [-0.15, -0.1) is 11.3 Å². The predicted molar refractivity (Wildman–Crippen MR) is 83.0 cm³/mol. The SMILES string of the molecule is CCC=C(C)CN1CCC(CNC(=O)c2cncs2)C1. The lowest BCUT2D eigenvalue weighted by molar-refractivity contribution is 0.0951. The van der Waals surface area contributed by atoms with Gasteiger partial charge in [0.2, 0.25) is 0 Å². The Morgan fingerprint density at radius 1 is 1.65 bits per heavy atom. The average Bonchev–Trinajstić information content (AvgIpc) is 3.07. The van der Waals surface area contributed by atoms with Crippen molar-refractivity contribution in [2.45, 2.75) is 26.7 Å². The summed E-state index contributed by atoms with van der Waals surface area (Å²) in [5.74, 6) is 0.578. The van der Waals surface area contributed by atoms with E-state index in [0.29, 0.717) is 10.8 Å². The molecule has 2 rings (SSSR count). The van der Waals surface area contributed by atoms with Crippen LogP contribution in [-0.2, 0) is 0 Å². The molecule has 1 amide bonds. The van der Waals surface area contributed by atoms with Gasteiger partial charge >= 0.3 is 0 Å². The van der Waals surface area contributed by atoms with Gasteiger partial charge in [0.15, 0.2) is 0 Å². The van der Waals surface area contributed by atoms with E-state index in [9.17, 15) is 4.79 Å². The van der Waals surface area contributed by atoms with Crippen molar-refractivity contribution in [1.82, 2.24) is 15.2 Å². The van der Waals surface area contributed by atoms with Gasteiger partial charge < -0.3 is 5.32 Å². The lowest BCUT2D eigenvalue weighted by Crippen LogP contribution is -2.31. The van der Waals surface area contributed by atoms with Gasteiger partial charge in [-0.25, -0.2) is 0 Å². The van der Waals surface area contributed by atoms with Crippen LogP contribution in [0.5, 0.6) is 0 Å². The Hall–Kier alpha value is -1.20. The van der Waals surface area contributed by atoms with Crippen LogP contribution in [0.15, 0.2) is 23.4 Å². The molecule has 1 aromatic heterocycles. The van der Waals surface area contributed by atoms with E-state index >= 15 is 0 Å². The summed E-state index contributed by atoms with van der Waals surface area (Å²) in [4.78, 5) is 18.9. The maximum absolute atomic E-state index is 11.8. The Morgan fingerprint density at radius 2 is 2.50 bits per heavy atom. The van der Waals surface area contributed by atoms with Crippen molar-refractivity contribution in [1.29, 1.82) is 0 Å². The van der Waals surface area contributed by atoms with Crippen molar-refractivity contribution in [2.75, 3.05) is 26.2 Å². The first kappa shape index (κ1) is 15.2. The Kier molecular flexibility index (Phi) is 5.73. The molecule has 0 aromatic carbocycles. The zero-order valence-electron chi connectivity index (χ0n) is 12.3. The van der Waals surface area contributed by atoms with Crippen LogP contribution in [0.25, 0.3) is 0 Å². The molecular formula is C15H23N3OS. The van der Waals surface area contributed by atoms with Crippen LogP contribution in [0.1, 0.15) is 36.4 Å². The number of allylic oxidation sites excluding steroid dienone is 1. The second-order valence-corrected chi connectivity index (χ2v) is 6.31. The minimum absolute atomic E-state index is 0.00742. The van der Waals surface area contributed by atoms with Crippen LogP contribution in [0.4, 0.5) is 0 Å². The van der Waals surface area contributed by atoms with Gasteiger partial charge in [-0.3, -0.25) is 14.7 Å². The van der Waals surface area contributed by atoms with Crippen molar-refractivity contribution >= 4 is 17.2 Å². The molecule has 4 nitrogen and oxygen atoms in total. The highest BCUT2D eigenvalue weighted by molar-refractivity contribution is 7.11. The van der Waals surface area contributed by atoms with Crippen LogP contribution >= 0.6 is 11.3 Å². The maximum Gasteiger partial charge on any atom is 0.263 e. The average molecular weight is 293 g/mol. The lowest BCUT2D eigenvalue weighted by atomic mass is 10.1. The molecule has 110 valence electrons. The van der Waals surface area contributed by atoms with Crippen LogP contribution in [0.3, 0.4) is 0 Å². The van der Waals surface area contributed by atoms with Crippen molar-refractivity contribution in [3.8, 4) is 0 Å². The molecule has 1 aromatic rings. The highest BCUT2D eigenvalue weighted by Crippen LogP contribution is 2.17. The fraction of sp³-hybridized carbons (Fsp3) is 0.600. The molecule has 1 atom stereocenters. The molecule has 0 spiro atoms. The zero-order chi connectivity index (χ0) is 14.4. The molecule has 1 aliphatic rings. The summed E-state index contributed by atoms with van der Waals surface area (Å²) >= 11 is 1.39. The van der Waals surface area contributed by atoms with Gasteiger partial charge in [0.1, 0.15) is 4.88 Å². The van der Waals surface area contributed by atoms with E-state index in [1.807, 2.05) is 0 Å². The van der Waals surface area contributed by atoms with E-state index in [2.05, 4.69) is 35.1 Å². The lowest BCUT2D eigenvalue weighted by Gasteiger charge is -2.16. The third-order valence-electron chi connectivity index (χ3n) is 3.60. The number of hydrogen-bond acceptors (Lipinski definition) is 4. The summed E-state index contributed by atoms with van der Waals surface area (Å²) in [6.45, 7) is 8.42. The van der Waals surface area contributed by atoms with Gasteiger partial charge in [0.05, 0.1) is 11.7 Å². The molecule has 1 unspecified atom stereocenters. The van der Waals surface area contributed by atoms with Crippen molar-refractivity contribution in [3.05, 3.63) is 28.2 Å². The van der Waals surface area contributed by atoms with Gasteiger partial charge in [0.25, 0.3) is 5.91 Å². The smallest absolute Gasteiger partial charge is 0.263 e. The third kappa shape index (κ3) is 4.42. The fourth-order valence-electron chi connectivity index (χ4n) is 2.64. The third-order valence-corrected chi connectivity index (χ3v) is 4.37. The fourth-order valence-corrected chi connectivity index (χ4v) is 3.18. The summed E-state index contributed by atoms with van der Waals surface area (Å²) in [5, 5.41) is 3.02. The molecule has 5 heteroatoms. The highest BCUT2D eigenvalue weighted by atomic mass is 32.1. The van der Waals surface area contributed by atoms with Gasteiger partial charge in [-0.1, -0.05) is 18.6 Å². The molecule has 20 heavy (non-hydrogen) atoms. The monoisotopic (exact) mass is 293 g/mol. The summed E-state index contributed by atoms with van der Waals surface area (Å²) in [6, 6.07) is 0. The molecule has 1 aliphatic heterocycles. The van der Waals surface area contributed by atoms with E-state index in [0.717, 1.165) is 32.6 Å². The summed E-state index contributed by atoms with van der Waals surface area (Å²) < 4.78 is 0. The minimum atomic E-state index is 0.00742. The molecule has 1 fully saturated rings. The van der Waals surface area contributed by atoms with E-state index in [1.165, 1.54) is 23.3 Å². The first-order chi connectivity index (χ1) is 9.69. The first-order valence-electron chi connectivity index (χ1n) is 7.23. The van der Waals surface area contributed by atoms with E-state index in [4.69, 9.17) is 0 Å². The van der Waals surface area contributed by atoms with Crippen molar-refractivity contribution < 1.29 is 4.79 Å². The standard InChI is InChI=1S/C15H23N3OS/c1-3-4-12(2)9-18-6-5-13(10-18)7-17-15(19)14-8-16-11-20-14/h4,8,11,13H,3,5-7,9-10H2,1-2H3,(H,17,19). The number of carbonyl (C=O) groups is 1. The van der Waals surface area contributed by atoms with Crippen LogP contribution < -0.4 is 5.32 Å². The number of nitrogens with one attached hydrogen (secondary N) is 1. The number of aromatic nitrogens is 1. The molecule has 0 radical (unpaired) electrons. The number of rotatable bonds is 6. The molecule has 0 aliphatic carbocycles. The normalized spacial score (nSPS) is 20.3. The van der Waals surface area contributed by atoms with E-state index < -0.39 is 0 Å². The number of carbonyl (C=O) groups excluding carboxylic acids is 1. The molecular weight excluding hydrogens is 270 g/mol. The minimum Gasteiger partial charge on any atom is -0.351 e. The Labute approximate surface area is 124 Å². The number of amides is 1. The number of nitrogens with zero attached hydrogens (tertiary/aromatic N) is 2. The highest BCUT2D eigenvalue weighted by Gasteiger charge is 2.22. The van der Waals surface area contributed by atoms with Crippen LogP contribution in [0, 0.1) is 5.92 Å². The second kappa shape index (κ2) is 7.55. The maximum atomic E-state index is 11.8. The number of likely N-dealkylation sites (tertiary alicyclic amines) is 1. The van der Waals surface area contributed by atoms with Gasteiger partial charge in [0, 0.05) is 19.6 Å². The number of thiazole rings is 1. The molecule has 2 heterocycles. The number of hydrogen-bond donors (Lipinski definition) is 1. The topological polar surface area (TPSA) is 45.2 Å². The molecule has 0 saturated carbocycles. The molecule has 1 N–H and O–H groups in total. The van der Waals surface area contributed by atoms with Gasteiger partial charge in [-0.05, 0) is 32.2 Å². The van der Waals surface area contributed by atoms with Gasteiger partial charge in [-0.2, -0.15) is 0 Å². The Balaban J connectivity index is 1.71.